The first kappa shape index (κ1) is 17.9. The summed E-state index contributed by atoms with van der Waals surface area (Å²) in [6.45, 7) is 1.78. The topological polar surface area (TPSA) is 99.9 Å². The zero-order valence-corrected chi connectivity index (χ0v) is 15.9. The van der Waals surface area contributed by atoms with E-state index in [1.165, 1.54) is 28.0 Å². The van der Waals surface area contributed by atoms with Crippen molar-refractivity contribution in [3.63, 3.8) is 0 Å². The third kappa shape index (κ3) is 3.17. The average molecular weight is 404 g/mol. The van der Waals surface area contributed by atoms with Gasteiger partial charge in [0.15, 0.2) is 0 Å². The summed E-state index contributed by atoms with van der Waals surface area (Å²) < 4.78 is 5.56. The third-order valence-corrected chi connectivity index (χ3v) is 6.60. The first-order chi connectivity index (χ1) is 13.0. The lowest BCUT2D eigenvalue weighted by atomic mass is 10.0. The van der Waals surface area contributed by atoms with Gasteiger partial charge in [-0.05, 0) is 30.5 Å². The molecule has 2 aliphatic rings. The lowest BCUT2D eigenvalue weighted by molar-refractivity contribution is -0.150. The zero-order valence-electron chi connectivity index (χ0n) is 14.3. The minimum atomic E-state index is -1.18. The number of carbonyl (C=O) groups excluding carboxylic acids is 2. The van der Waals surface area contributed by atoms with Crippen LogP contribution in [0, 0.1) is 6.92 Å². The van der Waals surface area contributed by atoms with E-state index in [-0.39, 0.29) is 18.0 Å². The lowest BCUT2D eigenvalue weighted by Crippen LogP contribution is -2.70. The minimum absolute atomic E-state index is 0.0677. The van der Waals surface area contributed by atoms with E-state index in [0.717, 1.165) is 4.88 Å². The summed E-state index contributed by atoms with van der Waals surface area (Å²) in [6.07, 6.45) is 0.206. The number of furan rings is 1. The van der Waals surface area contributed by atoms with Crippen LogP contribution in [0.15, 0.2) is 39.8 Å². The molecule has 2 amide bonds. The summed E-state index contributed by atoms with van der Waals surface area (Å²) in [5, 5.41) is 13.9. The largest absolute Gasteiger partial charge is 0.477 e. The first-order valence-corrected chi connectivity index (χ1v) is 10.2. The van der Waals surface area contributed by atoms with Gasteiger partial charge in [0.1, 0.15) is 28.6 Å². The van der Waals surface area contributed by atoms with Crippen LogP contribution in [-0.4, -0.2) is 45.0 Å². The predicted octanol–water partition coefficient (Wildman–Crippen LogP) is 2.09. The van der Waals surface area contributed by atoms with Crippen molar-refractivity contribution < 1.29 is 23.9 Å². The van der Waals surface area contributed by atoms with Crippen LogP contribution in [0.5, 0.6) is 0 Å². The predicted molar refractivity (Wildman–Crippen MR) is 101 cm³/mol. The van der Waals surface area contributed by atoms with E-state index in [9.17, 15) is 19.5 Å². The molecule has 4 heterocycles. The second-order valence-corrected chi connectivity index (χ2v) is 8.39. The zero-order chi connectivity index (χ0) is 19.1. The highest BCUT2D eigenvalue weighted by Gasteiger charge is 2.54. The van der Waals surface area contributed by atoms with Crippen LogP contribution in [0.3, 0.4) is 0 Å². The molecule has 7 nitrogen and oxygen atoms in total. The average Bonchev–Trinajstić information content (AvgIpc) is 3.29. The van der Waals surface area contributed by atoms with Crippen molar-refractivity contribution in [1.82, 2.24) is 10.2 Å². The molecule has 0 bridgehead atoms. The number of hydrogen-bond acceptors (Lipinski definition) is 6. The molecule has 0 radical (unpaired) electrons. The number of nitrogens with one attached hydrogen (secondary N) is 1. The number of rotatable bonds is 5. The SMILES string of the molecule is Cc1ccc(C2=C(C(=O)O)N3C(=O)[C@@H](NC(=O)Cc4cccs4)[C@H]3SC2)o1. The summed E-state index contributed by atoms with van der Waals surface area (Å²) in [7, 11) is 0. The van der Waals surface area contributed by atoms with Crippen molar-refractivity contribution in [3.8, 4) is 0 Å². The molecule has 2 aromatic rings. The van der Waals surface area contributed by atoms with Gasteiger partial charge in [-0.3, -0.25) is 14.5 Å². The highest BCUT2D eigenvalue weighted by atomic mass is 32.2. The number of hydrogen-bond donors (Lipinski definition) is 2. The number of aliphatic carboxylic acids is 1. The summed E-state index contributed by atoms with van der Waals surface area (Å²) in [6, 6.07) is 6.47. The highest BCUT2D eigenvalue weighted by Crippen LogP contribution is 2.43. The number of nitrogens with zero attached hydrogens (tertiary/aromatic N) is 1. The van der Waals surface area contributed by atoms with Gasteiger partial charge in [-0.1, -0.05) is 6.07 Å². The van der Waals surface area contributed by atoms with Gasteiger partial charge in [0, 0.05) is 16.2 Å². The summed E-state index contributed by atoms with van der Waals surface area (Å²) in [5.41, 5.74) is 0.412. The Kier molecular flexibility index (Phi) is 4.56. The van der Waals surface area contributed by atoms with Gasteiger partial charge in [-0.2, -0.15) is 0 Å². The van der Waals surface area contributed by atoms with Crippen LogP contribution >= 0.6 is 23.1 Å². The molecule has 2 N–H and O–H groups in total. The van der Waals surface area contributed by atoms with Crippen molar-refractivity contribution in [2.45, 2.75) is 24.8 Å². The third-order valence-electron chi connectivity index (χ3n) is 4.44. The molecule has 2 atom stereocenters. The Balaban J connectivity index is 1.54. The molecule has 0 aliphatic carbocycles. The second-order valence-electron chi connectivity index (χ2n) is 6.25. The van der Waals surface area contributed by atoms with E-state index >= 15 is 0 Å². The van der Waals surface area contributed by atoms with Crippen molar-refractivity contribution in [3.05, 3.63) is 51.7 Å². The minimum Gasteiger partial charge on any atom is -0.477 e. The van der Waals surface area contributed by atoms with Crippen LogP contribution in [-0.2, 0) is 20.8 Å². The van der Waals surface area contributed by atoms with Gasteiger partial charge in [-0.25, -0.2) is 4.79 Å². The van der Waals surface area contributed by atoms with Crippen molar-refractivity contribution >= 4 is 46.5 Å². The number of carbonyl (C=O) groups is 3. The normalized spacial score (nSPS) is 21.7. The molecule has 0 saturated carbocycles. The molecule has 0 aromatic carbocycles. The van der Waals surface area contributed by atoms with Crippen LogP contribution < -0.4 is 5.32 Å². The molecule has 0 spiro atoms. The van der Waals surface area contributed by atoms with Crippen LogP contribution in [0.25, 0.3) is 5.57 Å². The van der Waals surface area contributed by atoms with Crippen LogP contribution in [0.4, 0.5) is 0 Å². The maximum Gasteiger partial charge on any atom is 0.353 e. The van der Waals surface area contributed by atoms with Gasteiger partial charge in [-0.15, -0.1) is 23.1 Å². The van der Waals surface area contributed by atoms with E-state index in [0.29, 0.717) is 22.8 Å². The molecular weight excluding hydrogens is 388 g/mol. The van der Waals surface area contributed by atoms with Crippen molar-refractivity contribution in [2.75, 3.05) is 5.75 Å². The second kappa shape index (κ2) is 6.90. The van der Waals surface area contributed by atoms with Crippen molar-refractivity contribution in [1.29, 1.82) is 0 Å². The van der Waals surface area contributed by atoms with Gasteiger partial charge in [0.05, 0.1) is 6.42 Å². The highest BCUT2D eigenvalue weighted by molar-refractivity contribution is 8.00. The van der Waals surface area contributed by atoms with Gasteiger partial charge >= 0.3 is 5.97 Å². The van der Waals surface area contributed by atoms with E-state index in [4.69, 9.17) is 4.42 Å². The van der Waals surface area contributed by atoms with E-state index < -0.39 is 23.3 Å². The molecule has 0 unspecified atom stereocenters. The standard InChI is InChI=1S/C18H16N2O5S2/c1-9-4-5-12(25-9)11-8-27-17-14(16(22)20(17)15(11)18(23)24)19-13(21)7-10-3-2-6-26-10/h2-6,14,17H,7-8H2,1H3,(H,19,21)(H,23,24)/t14-,17-/m1/s1. The molecule has 4 rings (SSSR count). The van der Waals surface area contributed by atoms with Crippen LogP contribution in [0.1, 0.15) is 16.4 Å². The lowest BCUT2D eigenvalue weighted by Gasteiger charge is -2.49. The summed E-state index contributed by atoms with van der Waals surface area (Å²) in [4.78, 5) is 38.8. The Labute approximate surface area is 163 Å². The number of thioether (sulfide) groups is 1. The van der Waals surface area contributed by atoms with E-state index in [1.807, 2.05) is 17.5 Å². The molecule has 1 saturated heterocycles. The fourth-order valence-electron chi connectivity index (χ4n) is 3.20. The number of β-lactam (4-membered cyclic amide) rings is 1. The van der Waals surface area contributed by atoms with Gasteiger partial charge in [0.25, 0.3) is 5.91 Å². The Hall–Kier alpha value is -2.52. The number of amides is 2. The summed E-state index contributed by atoms with van der Waals surface area (Å²) >= 11 is 2.89. The van der Waals surface area contributed by atoms with Crippen molar-refractivity contribution in [2.24, 2.45) is 0 Å². The van der Waals surface area contributed by atoms with Gasteiger partial charge in [0.2, 0.25) is 5.91 Å². The fraction of sp³-hybridized carbons (Fsp3) is 0.278. The molecule has 2 aliphatic heterocycles. The summed E-state index contributed by atoms with van der Waals surface area (Å²) in [5.74, 6) is -0.326. The Morgan fingerprint density at radius 1 is 1.37 bits per heavy atom. The molecule has 9 heteroatoms. The monoisotopic (exact) mass is 404 g/mol. The smallest absolute Gasteiger partial charge is 0.353 e. The number of aryl methyl sites for hydroxylation is 1. The fourth-order valence-corrected chi connectivity index (χ4v) is 5.26. The molecule has 140 valence electrons. The Morgan fingerprint density at radius 3 is 2.81 bits per heavy atom. The van der Waals surface area contributed by atoms with E-state index in [1.54, 1.807) is 19.1 Å². The number of carboxylic acids is 1. The maximum atomic E-state index is 12.6. The quantitative estimate of drug-likeness (QED) is 0.741. The molecule has 1 fully saturated rings. The van der Waals surface area contributed by atoms with Crippen LogP contribution in [0.2, 0.25) is 0 Å². The number of carboxylic acid groups (broad SMARTS) is 1. The molecular formula is C18H16N2O5S2. The molecule has 2 aromatic heterocycles. The molecule has 27 heavy (non-hydrogen) atoms. The van der Waals surface area contributed by atoms with Gasteiger partial charge < -0.3 is 14.8 Å². The van der Waals surface area contributed by atoms with E-state index in [2.05, 4.69) is 5.32 Å². The number of thiophene rings is 1. The number of fused-ring (bicyclic) bond motifs is 1. The first-order valence-electron chi connectivity index (χ1n) is 8.25. The Bertz CT molecular complexity index is 947. The Morgan fingerprint density at radius 2 is 2.19 bits per heavy atom. The maximum absolute atomic E-state index is 12.6.